The first-order valence-corrected chi connectivity index (χ1v) is 5.62. The molecule has 0 spiro atoms. The summed E-state index contributed by atoms with van der Waals surface area (Å²) in [4.78, 5) is 8.42. The maximum absolute atomic E-state index is 4.59. The van der Waals surface area contributed by atoms with Crippen molar-refractivity contribution in [2.24, 2.45) is 0 Å². The maximum Gasteiger partial charge on any atom is 0.153 e. The topological polar surface area (TPSA) is 43.1 Å². The summed E-state index contributed by atoms with van der Waals surface area (Å²) in [6, 6.07) is 7.87. The van der Waals surface area contributed by atoms with Gasteiger partial charge in [-0.2, -0.15) is 5.10 Å². The molecule has 17 heavy (non-hydrogen) atoms. The van der Waals surface area contributed by atoms with Crippen LogP contribution < -0.4 is 0 Å². The zero-order chi connectivity index (χ0) is 11.7. The fraction of sp³-hybridized carbons (Fsp3) is 0.154. The van der Waals surface area contributed by atoms with Gasteiger partial charge in [0.2, 0.25) is 0 Å². The molecule has 3 heterocycles. The third-order valence-corrected chi connectivity index (χ3v) is 2.75. The lowest BCUT2D eigenvalue weighted by Crippen LogP contribution is -1.98. The van der Waals surface area contributed by atoms with Crippen LogP contribution in [0, 0.1) is 0 Å². The van der Waals surface area contributed by atoms with Crippen molar-refractivity contribution in [3.63, 3.8) is 0 Å². The highest BCUT2D eigenvalue weighted by atomic mass is 15.3. The minimum absolute atomic E-state index is 0.884. The Morgan fingerprint density at radius 1 is 1.18 bits per heavy atom. The summed E-state index contributed by atoms with van der Waals surface area (Å²) in [6.45, 7) is 2.10. The van der Waals surface area contributed by atoms with Crippen LogP contribution in [0.1, 0.15) is 12.6 Å². The fourth-order valence-electron chi connectivity index (χ4n) is 1.83. The molecule has 0 unspecified atom stereocenters. The summed E-state index contributed by atoms with van der Waals surface area (Å²) in [5.41, 5.74) is 3.93. The molecule has 0 saturated heterocycles. The van der Waals surface area contributed by atoms with Gasteiger partial charge in [-0.1, -0.05) is 6.92 Å². The monoisotopic (exact) mass is 224 g/mol. The molecule has 0 amide bonds. The standard InChI is InChI=1S/C13H12N4/c1-2-11-9-15-13-6-5-12(16-17(11)13)10-4-3-7-14-8-10/h3-9H,2H2,1H3. The van der Waals surface area contributed by atoms with E-state index in [-0.39, 0.29) is 0 Å². The number of imidazole rings is 1. The number of pyridine rings is 1. The molecule has 0 N–H and O–H groups in total. The van der Waals surface area contributed by atoms with E-state index in [1.807, 2.05) is 41.2 Å². The highest BCUT2D eigenvalue weighted by Crippen LogP contribution is 2.16. The third kappa shape index (κ3) is 1.67. The van der Waals surface area contributed by atoms with Gasteiger partial charge < -0.3 is 0 Å². The Hall–Kier alpha value is -2.23. The number of rotatable bonds is 2. The van der Waals surface area contributed by atoms with Crippen molar-refractivity contribution in [3.8, 4) is 11.3 Å². The molecular formula is C13H12N4. The lowest BCUT2D eigenvalue weighted by Gasteiger charge is -2.02. The zero-order valence-electron chi connectivity index (χ0n) is 9.54. The van der Waals surface area contributed by atoms with Crippen molar-refractivity contribution in [1.82, 2.24) is 19.6 Å². The molecule has 0 saturated carbocycles. The number of hydrogen-bond donors (Lipinski definition) is 0. The SMILES string of the molecule is CCc1cnc2ccc(-c3cccnc3)nn12. The summed E-state index contributed by atoms with van der Waals surface area (Å²) in [5, 5.41) is 4.59. The summed E-state index contributed by atoms with van der Waals surface area (Å²) < 4.78 is 1.89. The van der Waals surface area contributed by atoms with E-state index in [1.54, 1.807) is 6.20 Å². The molecule has 0 aromatic carbocycles. The highest BCUT2D eigenvalue weighted by Gasteiger charge is 2.05. The van der Waals surface area contributed by atoms with E-state index in [2.05, 4.69) is 22.0 Å². The lowest BCUT2D eigenvalue weighted by atomic mass is 10.2. The molecule has 0 aliphatic heterocycles. The Labute approximate surface area is 99.0 Å². The molecule has 0 aliphatic carbocycles. The Bertz CT molecular complexity index is 643. The molecule has 0 fully saturated rings. The van der Waals surface area contributed by atoms with Gasteiger partial charge in [-0.25, -0.2) is 9.50 Å². The minimum Gasteiger partial charge on any atom is -0.264 e. The third-order valence-electron chi connectivity index (χ3n) is 2.75. The van der Waals surface area contributed by atoms with Crippen LogP contribution in [0.15, 0.2) is 42.9 Å². The molecule has 0 atom stereocenters. The van der Waals surface area contributed by atoms with E-state index >= 15 is 0 Å². The van der Waals surface area contributed by atoms with E-state index in [0.29, 0.717) is 0 Å². The highest BCUT2D eigenvalue weighted by molar-refractivity contribution is 5.59. The first kappa shape index (κ1) is 9.96. The fourth-order valence-corrected chi connectivity index (χ4v) is 1.83. The van der Waals surface area contributed by atoms with Crippen LogP contribution >= 0.6 is 0 Å². The molecular weight excluding hydrogens is 212 g/mol. The van der Waals surface area contributed by atoms with Gasteiger partial charge in [-0.3, -0.25) is 4.98 Å². The van der Waals surface area contributed by atoms with E-state index < -0.39 is 0 Å². The van der Waals surface area contributed by atoms with Gasteiger partial charge in [0, 0.05) is 18.0 Å². The van der Waals surface area contributed by atoms with Crippen LogP contribution in [0.25, 0.3) is 16.9 Å². The largest absolute Gasteiger partial charge is 0.264 e. The molecule has 3 rings (SSSR count). The van der Waals surface area contributed by atoms with Crippen molar-refractivity contribution in [2.75, 3.05) is 0 Å². The van der Waals surface area contributed by atoms with E-state index in [9.17, 15) is 0 Å². The van der Waals surface area contributed by atoms with Crippen molar-refractivity contribution in [1.29, 1.82) is 0 Å². The second-order valence-corrected chi connectivity index (χ2v) is 3.83. The Kier molecular flexibility index (Phi) is 2.33. The molecule has 0 aliphatic rings. The van der Waals surface area contributed by atoms with Gasteiger partial charge in [0.25, 0.3) is 0 Å². The van der Waals surface area contributed by atoms with Gasteiger partial charge in [-0.15, -0.1) is 0 Å². The quantitative estimate of drug-likeness (QED) is 0.671. The average molecular weight is 224 g/mol. The first-order valence-electron chi connectivity index (χ1n) is 5.62. The minimum atomic E-state index is 0.884. The summed E-state index contributed by atoms with van der Waals surface area (Å²) in [7, 11) is 0. The number of aryl methyl sites for hydroxylation is 1. The van der Waals surface area contributed by atoms with E-state index in [1.165, 1.54) is 0 Å². The smallest absolute Gasteiger partial charge is 0.153 e. The van der Waals surface area contributed by atoms with Crippen molar-refractivity contribution >= 4 is 5.65 Å². The van der Waals surface area contributed by atoms with E-state index in [4.69, 9.17) is 0 Å². The van der Waals surface area contributed by atoms with Crippen molar-refractivity contribution in [3.05, 3.63) is 48.5 Å². The normalized spacial score (nSPS) is 10.9. The molecule has 0 bridgehead atoms. The van der Waals surface area contributed by atoms with Gasteiger partial charge in [-0.05, 0) is 30.7 Å². The molecule has 3 aromatic heterocycles. The number of fused-ring (bicyclic) bond motifs is 1. The second-order valence-electron chi connectivity index (χ2n) is 3.83. The van der Waals surface area contributed by atoms with Crippen LogP contribution in [0.2, 0.25) is 0 Å². The molecule has 4 heteroatoms. The molecule has 84 valence electrons. The second kappa shape index (κ2) is 3.97. The van der Waals surface area contributed by atoms with Crippen LogP contribution in [0.4, 0.5) is 0 Å². The van der Waals surface area contributed by atoms with Gasteiger partial charge in [0.15, 0.2) is 5.65 Å². The Morgan fingerprint density at radius 3 is 2.88 bits per heavy atom. The molecule has 0 radical (unpaired) electrons. The summed E-state index contributed by atoms with van der Waals surface area (Å²) >= 11 is 0. The predicted molar refractivity (Wildman–Crippen MR) is 65.6 cm³/mol. The summed E-state index contributed by atoms with van der Waals surface area (Å²) in [5.74, 6) is 0. The van der Waals surface area contributed by atoms with Crippen LogP contribution in [0.3, 0.4) is 0 Å². The van der Waals surface area contributed by atoms with Crippen LogP contribution in [0.5, 0.6) is 0 Å². The number of nitrogens with zero attached hydrogens (tertiary/aromatic N) is 4. The van der Waals surface area contributed by atoms with Gasteiger partial charge in [0.05, 0.1) is 17.6 Å². The van der Waals surface area contributed by atoms with Crippen LogP contribution in [-0.4, -0.2) is 19.6 Å². The Morgan fingerprint density at radius 2 is 2.12 bits per heavy atom. The van der Waals surface area contributed by atoms with E-state index in [0.717, 1.165) is 29.0 Å². The lowest BCUT2D eigenvalue weighted by molar-refractivity contribution is 0.863. The number of aromatic nitrogens is 4. The van der Waals surface area contributed by atoms with Crippen molar-refractivity contribution in [2.45, 2.75) is 13.3 Å². The van der Waals surface area contributed by atoms with Gasteiger partial charge in [0.1, 0.15) is 0 Å². The first-order chi connectivity index (χ1) is 8.38. The van der Waals surface area contributed by atoms with Crippen LogP contribution in [-0.2, 0) is 6.42 Å². The zero-order valence-corrected chi connectivity index (χ0v) is 9.54. The molecule has 4 nitrogen and oxygen atoms in total. The average Bonchev–Trinajstić information content (AvgIpc) is 2.81. The molecule has 3 aromatic rings. The van der Waals surface area contributed by atoms with Crippen molar-refractivity contribution < 1.29 is 0 Å². The number of hydrogen-bond acceptors (Lipinski definition) is 3. The Balaban J connectivity index is 2.19. The van der Waals surface area contributed by atoms with Gasteiger partial charge >= 0.3 is 0 Å². The summed E-state index contributed by atoms with van der Waals surface area (Å²) in [6.07, 6.45) is 6.37. The maximum atomic E-state index is 4.59. The predicted octanol–water partition coefficient (Wildman–Crippen LogP) is 2.35.